The molecule has 1 heterocycles. The maximum absolute atomic E-state index is 16.0. The van der Waals surface area contributed by atoms with E-state index in [1.807, 2.05) is 43.3 Å². The van der Waals surface area contributed by atoms with E-state index in [4.69, 9.17) is 66.0 Å². The summed E-state index contributed by atoms with van der Waals surface area (Å²) in [4.78, 5) is 72.0. The van der Waals surface area contributed by atoms with E-state index in [-0.39, 0.29) is 108 Å². The fourth-order valence-corrected chi connectivity index (χ4v) is 17.8. The van der Waals surface area contributed by atoms with Crippen LogP contribution in [0, 0.1) is 43.4 Å². The van der Waals surface area contributed by atoms with E-state index in [9.17, 15) is 14.4 Å². The summed E-state index contributed by atoms with van der Waals surface area (Å²) in [7, 11) is -0.363. The van der Waals surface area contributed by atoms with Crippen LogP contribution in [0.2, 0.25) is 30.7 Å². The lowest BCUT2D eigenvalue weighted by molar-refractivity contribution is -0.339. The smallest absolute Gasteiger partial charge is 0.411 e. The number of nitrogens with one attached hydrogen (secondary N) is 1. The molecule has 1 aliphatic rings. The standard InChI is InChI=1S/C72H103NO19Si2/c1-23-35-82-65-50(9)64(86-42-80-18)56(55-57(65)68(87-43-81-19)59(47(6)63(55)85-41-79-17)73-70(78)84-37-38-93(20,21)22)60(76)44(3)39-45(4)61(89-51(10)74)48(7)66(90-52(11)75)58(69(77)83-36-24-2)67-49(8)62(91-72(15,16)92-67)46(5)40-88-94(71(12,13)14,53-31-27-25-28-32-53)54-33-29-26-30-34-54/h23-34,39,45-46,48-49,58,61-62,66-67H,1-2,35-38,40-43H2,3-22H3,(H,73,78)/b44-39+/t45-,46+,48+,49+,58-,61-,62+,66+,67+/m0/s1. The Morgan fingerprint density at radius 3 is 1.70 bits per heavy atom. The number of anilines is 1. The van der Waals surface area contributed by atoms with Crippen LogP contribution in [0.4, 0.5) is 10.5 Å². The molecule has 5 rings (SSSR count). The van der Waals surface area contributed by atoms with Gasteiger partial charge in [0, 0.05) is 90.0 Å². The topological polar surface area (TPSA) is 227 Å². The number of hydrogen-bond donors (Lipinski definition) is 1. The number of benzene rings is 4. The minimum Gasteiger partial charge on any atom is -0.488 e. The first-order chi connectivity index (χ1) is 44.3. The van der Waals surface area contributed by atoms with E-state index in [0.29, 0.717) is 17.2 Å². The van der Waals surface area contributed by atoms with Crippen LogP contribution in [0.3, 0.4) is 0 Å². The summed E-state index contributed by atoms with van der Waals surface area (Å²) in [5.74, 6) is -7.94. The highest BCUT2D eigenvalue weighted by Crippen LogP contribution is 2.54. The van der Waals surface area contributed by atoms with Gasteiger partial charge in [-0.1, -0.05) is 160 Å². The number of hydrogen-bond acceptors (Lipinski definition) is 19. The number of ether oxygens (including phenoxy) is 13. The van der Waals surface area contributed by atoms with Crippen molar-refractivity contribution in [2.75, 3.05) is 73.5 Å². The van der Waals surface area contributed by atoms with Gasteiger partial charge in [-0.15, -0.1) is 0 Å². The quantitative estimate of drug-likeness (QED) is 0.00859. The predicted octanol–water partition coefficient (Wildman–Crippen LogP) is 12.8. The molecule has 4 aromatic rings. The zero-order valence-electron chi connectivity index (χ0n) is 59.0. The molecule has 0 aliphatic carbocycles. The lowest BCUT2D eigenvalue weighted by atomic mass is 9.75. The van der Waals surface area contributed by atoms with E-state index in [2.05, 4.69) is 90.1 Å². The van der Waals surface area contributed by atoms with E-state index >= 15 is 9.59 Å². The molecule has 1 saturated heterocycles. The van der Waals surface area contributed by atoms with Gasteiger partial charge in [0.2, 0.25) is 0 Å². The molecule has 1 amide bonds. The van der Waals surface area contributed by atoms with E-state index in [1.54, 1.807) is 54.5 Å². The molecular weight excluding hydrogens is 1240 g/mol. The molecule has 0 aromatic heterocycles. The summed E-state index contributed by atoms with van der Waals surface area (Å²) in [6, 6.07) is 21.4. The van der Waals surface area contributed by atoms with Crippen LogP contribution in [0.5, 0.6) is 23.0 Å². The Balaban J connectivity index is 1.72. The van der Waals surface area contributed by atoms with Crippen molar-refractivity contribution in [3.05, 3.63) is 114 Å². The lowest BCUT2D eigenvalue weighted by Gasteiger charge is -2.51. The normalized spacial score (nSPS) is 17.9. The van der Waals surface area contributed by atoms with Gasteiger partial charge in [-0.3, -0.25) is 24.5 Å². The Morgan fingerprint density at radius 2 is 1.19 bits per heavy atom. The molecule has 94 heavy (non-hydrogen) atoms. The van der Waals surface area contributed by atoms with Gasteiger partial charge >= 0.3 is 24.0 Å². The maximum Gasteiger partial charge on any atom is 0.411 e. The number of esters is 3. The summed E-state index contributed by atoms with van der Waals surface area (Å²) in [5, 5.41) is 5.09. The van der Waals surface area contributed by atoms with Crippen molar-refractivity contribution in [2.45, 2.75) is 158 Å². The van der Waals surface area contributed by atoms with Crippen molar-refractivity contribution in [3.8, 4) is 23.0 Å². The Bertz CT molecular complexity index is 3230. The fourth-order valence-electron chi connectivity index (χ4n) is 12.5. The van der Waals surface area contributed by atoms with Gasteiger partial charge in [-0.05, 0) is 61.6 Å². The van der Waals surface area contributed by atoms with Crippen LogP contribution in [0.1, 0.15) is 105 Å². The molecule has 22 heteroatoms. The SMILES string of the molecule is C=CCOC(=O)[C@@H]([C@H](OC(C)=O)[C@H](C)[C@@H](OC(C)=O)[C@@H](C)/C=C(\C)C(=O)c1c(OCOC)c(C)c(OCC=C)c2c(OCOC)c(NC(=O)OCC[Si](C)(C)C)c(C)c(OCOC)c12)[C@@H]1OC(C)(C)O[C@H]([C@H](C)CO[Si](c2ccccc2)(c2ccccc2)C(C)(C)C)[C@H]1C. The third kappa shape index (κ3) is 19.2. The van der Waals surface area contributed by atoms with E-state index in [1.165, 1.54) is 47.3 Å². The average molecular weight is 1340 g/mol. The highest BCUT2D eigenvalue weighted by molar-refractivity contribution is 6.99. The molecular formula is C72H103NO19Si2. The molecule has 1 N–H and O–H groups in total. The third-order valence-corrected chi connectivity index (χ3v) is 23.4. The second kappa shape index (κ2) is 34.7. The number of methoxy groups -OCH3 is 3. The molecule has 9 atom stereocenters. The zero-order chi connectivity index (χ0) is 70.0. The first kappa shape index (κ1) is 77.8. The van der Waals surface area contributed by atoms with Crippen molar-refractivity contribution in [1.82, 2.24) is 0 Å². The van der Waals surface area contributed by atoms with Crippen molar-refractivity contribution >= 4 is 73.0 Å². The molecule has 0 spiro atoms. The Morgan fingerprint density at radius 1 is 0.681 bits per heavy atom. The van der Waals surface area contributed by atoms with Crippen molar-refractivity contribution in [2.24, 2.45) is 29.6 Å². The van der Waals surface area contributed by atoms with Crippen LogP contribution < -0.4 is 34.6 Å². The summed E-state index contributed by atoms with van der Waals surface area (Å²) >= 11 is 0. The molecule has 518 valence electrons. The van der Waals surface area contributed by atoms with Gasteiger partial charge in [0.15, 0.2) is 37.7 Å². The molecule has 4 aromatic carbocycles. The molecule has 20 nitrogen and oxygen atoms in total. The number of carbonyl (C=O) groups excluding carboxylic acids is 5. The molecule has 0 saturated carbocycles. The van der Waals surface area contributed by atoms with Crippen LogP contribution in [-0.2, 0) is 61.4 Å². The van der Waals surface area contributed by atoms with Gasteiger partial charge in [0.25, 0.3) is 8.32 Å². The van der Waals surface area contributed by atoms with Crippen LogP contribution in [0.15, 0.2) is 97.6 Å². The Labute approximate surface area is 558 Å². The summed E-state index contributed by atoms with van der Waals surface area (Å²) < 4.78 is 87.4. The summed E-state index contributed by atoms with van der Waals surface area (Å²) in [6.45, 7) is 38.4. The number of rotatable bonds is 35. The monoisotopic (exact) mass is 1340 g/mol. The van der Waals surface area contributed by atoms with Gasteiger partial charge < -0.3 is 66.0 Å². The minimum absolute atomic E-state index is 0.0243. The fraction of sp³-hybridized carbons (Fsp3) is 0.542. The predicted molar refractivity (Wildman–Crippen MR) is 368 cm³/mol. The number of Topliss-reactive ketones (excluding diaryl/α,β-unsaturated/α-hetero) is 1. The van der Waals surface area contributed by atoms with Crippen molar-refractivity contribution in [1.29, 1.82) is 0 Å². The Hall–Kier alpha value is -6.90. The first-order valence-corrected chi connectivity index (χ1v) is 37.5. The zero-order valence-corrected chi connectivity index (χ0v) is 61.0. The van der Waals surface area contributed by atoms with Gasteiger partial charge in [0.05, 0.1) is 35.5 Å². The Kier molecular flexibility index (Phi) is 28.7. The van der Waals surface area contributed by atoms with Gasteiger partial charge in [-0.25, -0.2) is 4.79 Å². The molecule has 0 bridgehead atoms. The minimum atomic E-state index is -3.04. The first-order valence-electron chi connectivity index (χ1n) is 31.9. The molecule has 1 fully saturated rings. The molecule has 0 unspecified atom stereocenters. The lowest BCUT2D eigenvalue weighted by Crippen LogP contribution is -2.67. The average Bonchev–Trinajstić information content (AvgIpc) is 0.728. The number of allylic oxidation sites excluding steroid dienone is 1. The van der Waals surface area contributed by atoms with Gasteiger partial charge in [-0.2, -0.15) is 0 Å². The number of ketones is 1. The van der Waals surface area contributed by atoms with E-state index in [0.717, 1.165) is 10.4 Å². The molecule has 0 radical (unpaired) electrons. The van der Waals surface area contributed by atoms with Crippen LogP contribution >= 0.6 is 0 Å². The van der Waals surface area contributed by atoms with Crippen LogP contribution in [0.25, 0.3) is 10.8 Å². The molecule has 1 aliphatic heterocycles. The number of fused-ring (bicyclic) bond motifs is 1. The van der Waals surface area contributed by atoms with Gasteiger partial charge in [0.1, 0.15) is 48.6 Å². The second-order valence-electron chi connectivity index (χ2n) is 26.8. The summed E-state index contributed by atoms with van der Waals surface area (Å²) in [5.41, 5.74) is 0.835. The third-order valence-electron chi connectivity index (χ3n) is 16.7. The van der Waals surface area contributed by atoms with Crippen molar-refractivity contribution in [3.63, 3.8) is 0 Å². The maximum atomic E-state index is 16.0. The summed E-state index contributed by atoms with van der Waals surface area (Å²) in [6.07, 6.45) is -0.422. The van der Waals surface area contributed by atoms with Crippen molar-refractivity contribution < 1.29 is 90.0 Å². The van der Waals surface area contributed by atoms with Crippen LogP contribution in [-0.4, -0.2) is 145 Å². The van der Waals surface area contributed by atoms with E-state index < -0.39 is 100 Å². The largest absolute Gasteiger partial charge is 0.488 e. The number of carbonyl (C=O) groups is 5. The highest BCUT2D eigenvalue weighted by Gasteiger charge is 2.55. The second-order valence-corrected chi connectivity index (χ2v) is 36.7. The highest BCUT2D eigenvalue weighted by atomic mass is 28.4. The number of amides is 1.